The van der Waals surface area contributed by atoms with Gasteiger partial charge in [0.15, 0.2) is 0 Å². The van der Waals surface area contributed by atoms with Crippen LogP contribution >= 0.6 is 0 Å². The van der Waals surface area contributed by atoms with Crippen LogP contribution in [0.4, 0.5) is 0 Å². The highest BCUT2D eigenvalue weighted by Crippen LogP contribution is 2.19. The van der Waals surface area contributed by atoms with Gasteiger partial charge in [0.1, 0.15) is 0 Å². The highest BCUT2D eigenvalue weighted by atomic mass is 16.2. The summed E-state index contributed by atoms with van der Waals surface area (Å²) in [6.07, 6.45) is 7.51. The molecule has 0 bridgehead atoms. The predicted molar refractivity (Wildman–Crippen MR) is 109 cm³/mol. The molecule has 2 amide bonds. The Morgan fingerprint density at radius 2 is 1.96 bits per heavy atom. The summed E-state index contributed by atoms with van der Waals surface area (Å²) in [7, 11) is 0. The first-order valence-electron chi connectivity index (χ1n) is 9.85. The van der Waals surface area contributed by atoms with Crippen LogP contribution in [0.3, 0.4) is 0 Å². The summed E-state index contributed by atoms with van der Waals surface area (Å²) in [5.41, 5.74) is 2.90. The minimum atomic E-state index is 0.0254. The van der Waals surface area contributed by atoms with Gasteiger partial charge >= 0.3 is 0 Å². The van der Waals surface area contributed by atoms with Crippen LogP contribution < -0.4 is 0 Å². The lowest BCUT2D eigenvalue weighted by Gasteiger charge is -2.29. The predicted octanol–water partition coefficient (Wildman–Crippen LogP) is 3.25. The Kier molecular flexibility index (Phi) is 5.42. The van der Waals surface area contributed by atoms with Gasteiger partial charge in [-0.15, -0.1) is 0 Å². The summed E-state index contributed by atoms with van der Waals surface area (Å²) in [4.78, 5) is 28.4. The molecule has 0 radical (unpaired) electrons. The monoisotopic (exact) mass is 375 g/mol. The van der Waals surface area contributed by atoms with Crippen LogP contribution in [-0.2, 0) is 11.2 Å². The van der Waals surface area contributed by atoms with Gasteiger partial charge in [-0.25, -0.2) is 0 Å². The molecular weight excluding hydrogens is 350 g/mol. The van der Waals surface area contributed by atoms with Crippen LogP contribution in [0, 0.1) is 0 Å². The molecule has 1 unspecified atom stereocenters. The summed E-state index contributed by atoms with van der Waals surface area (Å²) < 4.78 is 1.97. The number of amides is 2. The third-order valence-electron chi connectivity index (χ3n) is 5.54. The molecule has 2 aromatic heterocycles. The lowest BCUT2D eigenvalue weighted by molar-refractivity contribution is -0.119. The second-order valence-electron chi connectivity index (χ2n) is 7.39. The van der Waals surface area contributed by atoms with Crippen LogP contribution in [0.15, 0.2) is 67.0 Å². The van der Waals surface area contributed by atoms with Crippen molar-refractivity contribution in [3.8, 4) is 0 Å². The zero-order valence-electron chi connectivity index (χ0n) is 15.9. The fourth-order valence-electron chi connectivity index (χ4n) is 3.99. The van der Waals surface area contributed by atoms with Crippen molar-refractivity contribution in [2.24, 2.45) is 0 Å². The highest BCUT2D eigenvalue weighted by Gasteiger charge is 2.28. The first-order chi connectivity index (χ1) is 13.7. The maximum atomic E-state index is 13.3. The minimum Gasteiger partial charge on any atom is -0.340 e. The van der Waals surface area contributed by atoms with E-state index in [2.05, 4.69) is 12.1 Å². The second-order valence-corrected chi connectivity index (χ2v) is 7.39. The fourth-order valence-corrected chi connectivity index (χ4v) is 3.99. The maximum absolute atomic E-state index is 13.3. The number of hydrogen-bond donors (Lipinski definition) is 0. The first kappa shape index (κ1) is 18.3. The van der Waals surface area contributed by atoms with Gasteiger partial charge in [0.05, 0.1) is 5.56 Å². The molecule has 3 aromatic rings. The van der Waals surface area contributed by atoms with Crippen LogP contribution in [0.25, 0.3) is 5.52 Å². The largest absolute Gasteiger partial charge is 0.340 e. The normalized spacial score (nSPS) is 16.4. The van der Waals surface area contributed by atoms with E-state index < -0.39 is 0 Å². The molecule has 1 fully saturated rings. The number of carbonyl (C=O) groups excluding carboxylic acids is 2. The Balaban J connectivity index is 1.55. The number of likely N-dealkylation sites (tertiary alicyclic amines) is 1. The number of aromatic nitrogens is 1. The first-order valence-corrected chi connectivity index (χ1v) is 9.85. The molecule has 0 N–H and O–H groups in total. The number of hydrogen-bond acceptors (Lipinski definition) is 2. The summed E-state index contributed by atoms with van der Waals surface area (Å²) >= 11 is 0. The van der Waals surface area contributed by atoms with Gasteiger partial charge in [0.2, 0.25) is 6.41 Å². The van der Waals surface area contributed by atoms with Crippen LogP contribution in [-0.4, -0.2) is 52.2 Å². The molecule has 1 aliphatic heterocycles. The molecule has 5 nitrogen and oxygen atoms in total. The zero-order valence-corrected chi connectivity index (χ0v) is 15.9. The van der Waals surface area contributed by atoms with E-state index >= 15 is 0 Å². The molecular formula is C23H25N3O2. The molecule has 3 heterocycles. The minimum absolute atomic E-state index is 0.0254. The molecule has 1 aromatic carbocycles. The number of nitrogens with zero attached hydrogens (tertiary/aromatic N) is 3. The average Bonchev–Trinajstić information content (AvgIpc) is 3.37. The maximum Gasteiger partial charge on any atom is 0.255 e. The standard InChI is InChI=1S/C23H25N3O2/c27-18-26-13-6-10-22(26)17-25(14-11-19-7-2-1-3-8-19)23(28)20-15-21-9-4-5-12-24(21)16-20/h1-5,7-9,12,15-16,18,22H,6,10-11,13-14,17H2. The molecule has 5 heteroatoms. The van der Waals surface area contributed by atoms with Crippen LogP contribution in [0.1, 0.15) is 28.8 Å². The fraction of sp³-hybridized carbons (Fsp3) is 0.304. The molecule has 0 saturated carbocycles. The third kappa shape index (κ3) is 3.93. The van der Waals surface area contributed by atoms with Crippen LogP contribution in [0.2, 0.25) is 0 Å². The third-order valence-corrected chi connectivity index (χ3v) is 5.54. The Hall–Kier alpha value is -3.08. The second kappa shape index (κ2) is 8.30. The van der Waals surface area contributed by atoms with Crippen molar-refractivity contribution in [1.82, 2.24) is 14.2 Å². The van der Waals surface area contributed by atoms with E-state index in [1.165, 1.54) is 5.56 Å². The lowest BCUT2D eigenvalue weighted by Crippen LogP contribution is -2.43. The van der Waals surface area contributed by atoms with E-state index in [-0.39, 0.29) is 11.9 Å². The molecule has 0 aliphatic carbocycles. The Labute approximate surface area is 165 Å². The van der Waals surface area contributed by atoms with Gasteiger partial charge < -0.3 is 14.2 Å². The lowest BCUT2D eigenvalue weighted by atomic mass is 10.1. The van der Waals surface area contributed by atoms with Crippen molar-refractivity contribution in [3.05, 3.63) is 78.1 Å². The summed E-state index contributed by atoms with van der Waals surface area (Å²) in [5.74, 6) is 0.0254. The summed E-state index contributed by atoms with van der Waals surface area (Å²) in [6, 6.07) is 18.2. The van der Waals surface area contributed by atoms with Gasteiger partial charge in [-0.2, -0.15) is 0 Å². The van der Waals surface area contributed by atoms with Gasteiger partial charge in [-0.05, 0) is 43.0 Å². The van der Waals surface area contributed by atoms with Crippen molar-refractivity contribution in [2.45, 2.75) is 25.3 Å². The van der Waals surface area contributed by atoms with E-state index in [9.17, 15) is 9.59 Å². The van der Waals surface area contributed by atoms with Crippen molar-refractivity contribution in [2.75, 3.05) is 19.6 Å². The Morgan fingerprint density at radius 3 is 2.75 bits per heavy atom. The highest BCUT2D eigenvalue weighted by molar-refractivity contribution is 5.95. The van der Waals surface area contributed by atoms with Gasteiger partial charge in [-0.3, -0.25) is 9.59 Å². The van der Waals surface area contributed by atoms with Crippen molar-refractivity contribution >= 4 is 17.8 Å². The van der Waals surface area contributed by atoms with E-state index in [1.54, 1.807) is 0 Å². The van der Waals surface area contributed by atoms with Crippen molar-refractivity contribution < 1.29 is 9.59 Å². The van der Waals surface area contributed by atoms with Crippen molar-refractivity contribution in [3.63, 3.8) is 0 Å². The molecule has 1 atom stereocenters. The average molecular weight is 375 g/mol. The van der Waals surface area contributed by atoms with E-state index in [0.29, 0.717) is 18.7 Å². The van der Waals surface area contributed by atoms with Gasteiger partial charge in [0, 0.05) is 43.6 Å². The van der Waals surface area contributed by atoms with Gasteiger partial charge in [-0.1, -0.05) is 36.4 Å². The smallest absolute Gasteiger partial charge is 0.255 e. The number of fused-ring (bicyclic) bond motifs is 1. The number of pyridine rings is 1. The number of carbonyl (C=O) groups is 2. The van der Waals surface area contributed by atoms with Crippen LogP contribution in [0.5, 0.6) is 0 Å². The van der Waals surface area contributed by atoms with E-state index in [1.807, 2.05) is 69.1 Å². The molecule has 0 spiro atoms. The number of rotatable bonds is 7. The molecule has 4 rings (SSSR count). The molecule has 28 heavy (non-hydrogen) atoms. The SMILES string of the molecule is O=CN1CCCC1CN(CCc1ccccc1)C(=O)c1cc2ccccn2c1. The zero-order chi connectivity index (χ0) is 19.3. The number of benzene rings is 1. The van der Waals surface area contributed by atoms with Crippen molar-refractivity contribution in [1.29, 1.82) is 0 Å². The topological polar surface area (TPSA) is 45.0 Å². The molecule has 144 valence electrons. The molecule has 1 aliphatic rings. The van der Waals surface area contributed by atoms with E-state index in [4.69, 9.17) is 0 Å². The van der Waals surface area contributed by atoms with E-state index in [0.717, 1.165) is 37.7 Å². The Bertz CT molecular complexity index is 918. The molecule has 1 saturated heterocycles. The Morgan fingerprint density at radius 1 is 1.14 bits per heavy atom. The quantitative estimate of drug-likeness (QED) is 0.595. The summed E-state index contributed by atoms with van der Waals surface area (Å²) in [5, 5.41) is 0. The van der Waals surface area contributed by atoms with Gasteiger partial charge in [0.25, 0.3) is 5.91 Å². The summed E-state index contributed by atoms with van der Waals surface area (Å²) in [6.45, 7) is 2.00.